The molecule has 1 N–H and O–H groups in total. The van der Waals surface area contributed by atoms with Gasteiger partial charge in [0, 0.05) is 19.0 Å². The fourth-order valence-corrected chi connectivity index (χ4v) is 2.27. The number of piperidine rings is 1. The van der Waals surface area contributed by atoms with Crippen LogP contribution in [0.25, 0.3) is 0 Å². The van der Waals surface area contributed by atoms with E-state index in [0.29, 0.717) is 19.0 Å². The molecule has 2 atom stereocenters. The van der Waals surface area contributed by atoms with Crippen molar-refractivity contribution in [3.05, 3.63) is 0 Å². The quantitative estimate of drug-likeness (QED) is 0.643. The van der Waals surface area contributed by atoms with Gasteiger partial charge in [-0.05, 0) is 19.3 Å². The smallest absolute Gasteiger partial charge is 0.308 e. The maximum absolute atomic E-state index is 11.3. The third-order valence-corrected chi connectivity index (χ3v) is 3.07. The van der Waals surface area contributed by atoms with Crippen LogP contribution in [0.4, 0.5) is 0 Å². The number of fused-ring (bicyclic) bond motifs is 1. The lowest BCUT2D eigenvalue weighted by Gasteiger charge is -2.33. The number of carbonyl (C=O) groups is 2. The normalized spacial score (nSPS) is 33.2. The molecule has 2 rings (SSSR count). The first-order valence-electron chi connectivity index (χ1n) is 4.71. The molecule has 2 fully saturated rings. The number of hydrogen-bond donors (Lipinski definition) is 1. The lowest BCUT2D eigenvalue weighted by molar-refractivity contribution is -0.145. The predicted molar refractivity (Wildman–Crippen MR) is 45.1 cm³/mol. The molecule has 4 heteroatoms. The highest BCUT2D eigenvalue weighted by Gasteiger charge is 2.38. The molecule has 0 aromatic rings. The van der Waals surface area contributed by atoms with Crippen molar-refractivity contribution in [3.8, 4) is 0 Å². The van der Waals surface area contributed by atoms with Crippen molar-refractivity contribution in [1.82, 2.24) is 4.90 Å². The second-order valence-corrected chi connectivity index (χ2v) is 3.85. The number of hydrogen-bond acceptors (Lipinski definition) is 2. The summed E-state index contributed by atoms with van der Waals surface area (Å²) in [6.45, 7) is 0.429. The summed E-state index contributed by atoms with van der Waals surface area (Å²) in [7, 11) is 0. The van der Waals surface area contributed by atoms with Gasteiger partial charge in [0.1, 0.15) is 0 Å². The van der Waals surface area contributed by atoms with Crippen LogP contribution in [0, 0.1) is 5.92 Å². The molecule has 13 heavy (non-hydrogen) atoms. The van der Waals surface area contributed by atoms with Gasteiger partial charge in [0.25, 0.3) is 0 Å². The average Bonchev–Trinajstić information content (AvgIpc) is 2.47. The van der Waals surface area contributed by atoms with E-state index in [1.807, 2.05) is 0 Å². The van der Waals surface area contributed by atoms with Crippen LogP contribution in [0.1, 0.15) is 25.7 Å². The Hall–Kier alpha value is -1.06. The van der Waals surface area contributed by atoms with Gasteiger partial charge in [0.05, 0.1) is 5.92 Å². The van der Waals surface area contributed by atoms with E-state index in [4.69, 9.17) is 5.11 Å². The summed E-state index contributed by atoms with van der Waals surface area (Å²) in [6.07, 6.45) is 3.12. The molecular formula is C9H13NO3. The van der Waals surface area contributed by atoms with Crippen molar-refractivity contribution in [2.75, 3.05) is 6.54 Å². The maximum atomic E-state index is 11.3. The molecular weight excluding hydrogens is 170 g/mol. The predicted octanol–water partition coefficient (Wildman–Crippen LogP) is 0.472. The van der Waals surface area contributed by atoms with Crippen molar-refractivity contribution in [1.29, 1.82) is 0 Å². The van der Waals surface area contributed by atoms with Crippen LogP contribution in [0.3, 0.4) is 0 Å². The molecule has 2 heterocycles. The summed E-state index contributed by atoms with van der Waals surface area (Å²) in [5.74, 6) is -0.965. The first-order valence-corrected chi connectivity index (χ1v) is 4.71. The van der Waals surface area contributed by atoms with Crippen molar-refractivity contribution in [3.63, 3.8) is 0 Å². The van der Waals surface area contributed by atoms with Crippen LogP contribution in [0.15, 0.2) is 0 Å². The Morgan fingerprint density at radius 1 is 1.38 bits per heavy atom. The summed E-state index contributed by atoms with van der Waals surface area (Å²) < 4.78 is 0. The van der Waals surface area contributed by atoms with Crippen LogP contribution in [-0.4, -0.2) is 34.5 Å². The average molecular weight is 183 g/mol. The molecule has 0 spiro atoms. The van der Waals surface area contributed by atoms with E-state index in [1.54, 1.807) is 4.90 Å². The first kappa shape index (κ1) is 8.53. The monoisotopic (exact) mass is 183 g/mol. The minimum Gasteiger partial charge on any atom is -0.481 e. The zero-order valence-electron chi connectivity index (χ0n) is 7.40. The third kappa shape index (κ3) is 1.41. The molecule has 0 aliphatic carbocycles. The molecule has 0 saturated carbocycles. The van der Waals surface area contributed by atoms with Crippen molar-refractivity contribution < 1.29 is 14.7 Å². The summed E-state index contributed by atoms with van der Waals surface area (Å²) in [5.41, 5.74) is 0. The summed E-state index contributed by atoms with van der Waals surface area (Å²) >= 11 is 0. The summed E-state index contributed by atoms with van der Waals surface area (Å²) in [6, 6.07) is 0.336. The van der Waals surface area contributed by atoms with Gasteiger partial charge < -0.3 is 10.0 Å². The number of carbonyl (C=O) groups excluding carboxylic acids is 1. The molecule has 0 radical (unpaired) electrons. The topological polar surface area (TPSA) is 57.6 Å². The lowest BCUT2D eigenvalue weighted by Crippen LogP contribution is -2.43. The van der Waals surface area contributed by atoms with Crippen molar-refractivity contribution in [2.45, 2.75) is 31.7 Å². The molecule has 0 aromatic heterocycles. The van der Waals surface area contributed by atoms with E-state index in [2.05, 4.69) is 0 Å². The molecule has 72 valence electrons. The highest BCUT2D eigenvalue weighted by Crippen LogP contribution is 2.30. The summed E-state index contributed by atoms with van der Waals surface area (Å²) in [4.78, 5) is 23.8. The standard InChI is InChI=1S/C9H13NO3/c11-8-4-3-7-2-1-6(9(12)13)5-10(7)8/h6-7H,1-5H2,(H,12,13)/t6-,7-/m0/s1. The first-order chi connectivity index (χ1) is 6.18. The van der Waals surface area contributed by atoms with Crippen molar-refractivity contribution >= 4 is 11.9 Å². The van der Waals surface area contributed by atoms with Gasteiger partial charge in [-0.2, -0.15) is 0 Å². The van der Waals surface area contributed by atoms with Crippen LogP contribution in [-0.2, 0) is 9.59 Å². The fourth-order valence-electron chi connectivity index (χ4n) is 2.27. The number of carboxylic acid groups (broad SMARTS) is 1. The zero-order chi connectivity index (χ0) is 9.42. The second-order valence-electron chi connectivity index (χ2n) is 3.85. The molecule has 2 aliphatic heterocycles. The molecule has 1 amide bonds. The molecule has 0 unspecified atom stereocenters. The molecule has 2 saturated heterocycles. The van der Waals surface area contributed by atoms with E-state index < -0.39 is 5.97 Å². The van der Waals surface area contributed by atoms with E-state index in [9.17, 15) is 9.59 Å². The van der Waals surface area contributed by atoms with E-state index >= 15 is 0 Å². The lowest BCUT2D eigenvalue weighted by atomic mass is 9.93. The van der Waals surface area contributed by atoms with Crippen LogP contribution < -0.4 is 0 Å². The minimum atomic E-state index is -0.766. The number of nitrogens with zero attached hydrogens (tertiary/aromatic N) is 1. The third-order valence-electron chi connectivity index (χ3n) is 3.07. The van der Waals surface area contributed by atoms with Gasteiger partial charge in [-0.15, -0.1) is 0 Å². The largest absolute Gasteiger partial charge is 0.481 e. The molecule has 0 bridgehead atoms. The maximum Gasteiger partial charge on any atom is 0.308 e. The van der Waals surface area contributed by atoms with Gasteiger partial charge >= 0.3 is 5.97 Å². The van der Waals surface area contributed by atoms with E-state index in [1.165, 1.54) is 0 Å². The Balaban J connectivity index is 2.05. The molecule has 0 aromatic carbocycles. The summed E-state index contributed by atoms with van der Waals surface area (Å²) in [5, 5.41) is 8.81. The van der Waals surface area contributed by atoms with Crippen LogP contribution in [0.2, 0.25) is 0 Å². The highest BCUT2D eigenvalue weighted by molar-refractivity contribution is 5.80. The van der Waals surface area contributed by atoms with E-state index in [-0.39, 0.29) is 11.8 Å². The number of amides is 1. The SMILES string of the molecule is O=C(O)[C@H]1CC[C@H]2CCC(=O)N2C1. The van der Waals surface area contributed by atoms with Crippen LogP contribution >= 0.6 is 0 Å². The fraction of sp³-hybridized carbons (Fsp3) is 0.778. The Morgan fingerprint density at radius 2 is 2.15 bits per heavy atom. The minimum absolute atomic E-state index is 0.135. The highest BCUT2D eigenvalue weighted by atomic mass is 16.4. The van der Waals surface area contributed by atoms with Gasteiger partial charge in [0.15, 0.2) is 0 Å². The van der Waals surface area contributed by atoms with Crippen molar-refractivity contribution in [2.24, 2.45) is 5.92 Å². The van der Waals surface area contributed by atoms with Gasteiger partial charge in [0.2, 0.25) is 5.91 Å². The Bertz CT molecular complexity index is 251. The zero-order valence-corrected chi connectivity index (χ0v) is 7.40. The molecule has 4 nitrogen and oxygen atoms in total. The van der Waals surface area contributed by atoms with Gasteiger partial charge in [-0.1, -0.05) is 0 Å². The Morgan fingerprint density at radius 3 is 2.85 bits per heavy atom. The Kier molecular flexibility index (Phi) is 1.98. The number of aliphatic carboxylic acids is 1. The number of rotatable bonds is 1. The molecule has 2 aliphatic rings. The number of carboxylic acids is 1. The van der Waals surface area contributed by atoms with Gasteiger partial charge in [-0.25, -0.2) is 0 Å². The van der Waals surface area contributed by atoms with Gasteiger partial charge in [-0.3, -0.25) is 9.59 Å². The second kappa shape index (κ2) is 3.01. The van der Waals surface area contributed by atoms with E-state index in [0.717, 1.165) is 19.3 Å². The van der Waals surface area contributed by atoms with Crippen LogP contribution in [0.5, 0.6) is 0 Å². The Labute approximate surface area is 76.5 Å².